The van der Waals surface area contributed by atoms with Gasteiger partial charge in [0.2, 0.25) is 0 Å². The Labute approximate surface area is 140 Å². The molecule has 4 heteroatoms. The van der Waals surface area contributed by atoms with Crippen LogP contribution in [-0.4, -0.2) is 62.0 Å². The summed E-state index contributed by atoms with van der Waals surface area (Å²) >= 11 is 0. The summed E-state index contributed by atoms with van der Waals surface area (Å²) in [6.07, 6.45) is 0.561. The molecule has 4 nitrogen and oxygen atoms in total. The van der Waals surface area contributed by atoms with E-state index in [9.17, 15) is 4.79 Å². The van der Waals surface area contributed by atoms with Gasteiger partial charge in [0, 0.05) is 39.1 Å². The molecule has 0 N–H and O–H groups in total. The van der Waals surface area contributed by atoms with Crippen molar-refractivity contribution in [1.82, 2.24) is 9.80 Å². The molecule has 23 heavy (non-hydrogen) atoms. The van der Waals surface area contributed by atoms with Crippen LogP contribution in [0.15, 0.2) is 18.2 Å². The summed E-state index contributed by atoms with van der Waals surface area (Å²) in [5.41, 5.74) is 1.93. The summed E-state index contributed by atoms with van der Waals surface area (Å²) in [6.45, 7) is 11.9. The van der Waals surface area contributed by atoms with Gasteiger partial charge in [-0.05, 0) is 37.6 Å². The summed E-state index contributed by atoms with van der Waals surface area (Å²) in [7, 11) is 2.15. The van der Waals surface area contributed by atoms with Crippen LogP contribution in [0.1, 0.15) is 49.0 Å². The van der Waals surface area contributed by atoms with E-state index in [-0.39, 0.29) is 5.78 Å². The van der Waals surface area contributed by atoms with Crippen molar-refractivity contribution in [2.45, 2.75) is 33.1 Å². The predicted molar refractivity (Wildman–Crippen MR) is 94.6 cm³/mol. The van der Waals surface area contributed by atoms with Crippen molar-refractivity contribution >= 4 is 5.78 Å². The lowest BCUT2D eigenvalue weighted by Gasteiger charge is -2.32. The molecule has 1 aromatic carbocycles. The van der Waals surface area contributed by atoms with Crippen LogP contribution in [-0.2, 0) is 0 Å². The van der Waals surface area contributed by atoms with Crippen LogP contribution in [0.5, 0.6) is 5.75 Å². The Morgan fingerprint density at radius 2 is 1.91 bits per heavy atom. The molecule has 1 aliphatic rings. The first-order chi connectivity index (χ1) is 11.0. The fraction of sp³-hybridized carbons (Fsp3) is 0.632. The molecular weight excluding hydrogens is 288 g/mol. The van der Waals surface area contributed by atoms with Gasteiger partial charge < -0.3 is 14.5 Å². The molecule has 2 rings (SSSR count). The smallest absolute Gasteiger partial charge is 0.167 e. The molecule has 0 atom stereocenters. The molecule has 1 saturated heterocycles. The zero-order valence-corrected chi connectivity index (χ0v) is 15.0. The monoisotopic (exact) mass is 318 g/mol. The minimum atomic E-state index is 0.190. The van der Waals surface area contributed by atoms with Crippen LogP contribution in [0.2, 0.25) is 0 Å². The highest BCUT2D eigenvalue weighted by Crippen LogP contribution is 2.25. The lowest BCUT2D eigenvalue weighted by molar-refractivity contribution is 0.0938. The number of ether oxygens (including phenoxy) is 1. The van der Waals surface area contributed by atoms with Gasteiger partial charge in [-0.3, -0.25) is 4.79 Å². The van der Waals surface area contributed by atoms with E-state index >= 15 is 0 Å². The van der Waals surface area contributed by atoms with Crippen LogP contribution < -0.4 is 4.74 Å². The minimum Gasteiger partial charge on any atom is -0.493 e. The van der Waals surface area contributed by atoms with Crippen molar-refractivity contribution in [3.8, 4) is 5.75 Å². The highest BCUT2D eigenvalue weighted by atomic mass is 16.5. The predicted octanol–water partition coefficient (Wildman–Crippen LogP) is 3.03. The zero-order valence-electron chi connectivity index (χ0n) is 15.0. The number of hydrogen-bond acceptors (Lipinski definition) is 4. The van der Waals surface area contributed by atoms with Gasteiger partial charge >= 0.3 is 0 Å². The zero-order chi connectivity index (χ0) is 16.8. The molecule has 0 radical (unpaired) electrons. The molecule has 0 saturated carbocycles. The number of hydrogen-bond donors (Lipinski definition) is 0. The van der Waals surface area contributed by atoms with Crippen molar-refractivity contribution in [1.29, 1.82) is 0 Å². The highest BCUT2D eigenvalue weighted by molar-refractivity contribution is 5.99. The Bertz CT molecular complexity index is 520. The lowest BCUT2D eigenvalue weighted by Crippen LogP contribution is -2.45. The SMILES string of the molecule is CCOc1ccc(C(C)C)cc1C(=O)CCN1CCN(C)CC1. The maximum absolute atomic E-state index is 12.7. The minimum absolute atomic E-state index is 0.190. The van der Waals surface area contributed by atoms with Crippen LogP contribution >= 0.6 is 0 Å². The van der Waals surface area contributed by atoms with E-state index in [4.69, 9.17) is 4.74 Å². The Balaban J connectivity index is 2.03. The molecule has 1 aromatic rings. The summed E-state index contributed by atoms with van der Waals surface area (Å²) in [6, 6.07) is 6.02. The molecule has 0 aliphatic carbocycles. The summed E-state index contributed by atoms with van der Waals surface area (Å²) in [5.74, 6) is 1.32. The normalized spacial score (nSPS) is 16.7. The van der Waals surface area contributed by atoms with Crippen molar-refractivity contribution in [2.75, 3.05) is 46.4 Å². The second kappa shape index (κ2) is 8.46. The number of rotatable bonds is 7. The largest absolute Gasteiger partial charge is 0.493 e. The van der Waals surface area contributed by atoms with Gasteiger partial charge in [-0.2, -0.15) is 0 Å². The second-order valence-corrected chi connectivity index (χ2v) is 6.66. The summed E-state index contributed by atoms with van der Waals surface area (Å²) in [5, 5.41) is 0. The average Bonchev–Trinajstić information content (AvgIpc) is 2.54. The number of benzene rings is 1. The van der Waals surface area contributed by atoms with E-state index < -0.39 is 0 Å². The molecule has 1 fully saturated rings. The molecule has 0 aromatic heterocycles. The van der Waals surface area contributed by atoms with Gasteiger partial charge in [-0.1, -0.05) is 19.9 Å². The van der Waals surface area contributed by atoms with Crippen molar-refractivity contribution in [2.24, 2.45) is 0 Å². The molecule has 0 spiro atoms. The van der Waals surface area contributed by atoms with Gasteiger partial charge in [0.15, 0.2) is 5.78 Å². The molecule has 0 amide bonds. The fourth-order valence-corrected chi connectivity index (χ4v) is 2.87. The number of ketones is 1. The Kier molecular flexibility index (Phi) is 6.60. The van der Waals surface area contributed by atoms with E-state index in [1.807, 2.05) is 19.1 Å². The third-order valence-electron chi connectivity index (χ3n) is 4.52. The second-order valence-electron chi connectivity index (χ2n) is 6.66. The number of likely N-dealkylation sites (N-methyl/N-ethyl adjacent to an activating group) is 1. The summed E-state index contributed by atoms with van der Waals surface area (Å²) in [4.78, 5) is 17.4. The first kappa shape index (κ1) is 18.0. The van der Waals surface area contributed by atoms with Crippen molar-refractivity contribution in [3.05, 3.63) is 29.3 Å². The molecule has 1 heterocycles. The Morgan fingerprint density at radius 1 is 1.22 bits per heavy atom. The standard InChI is InChI=1S/C19H30N2O2/c1-5-23-19-7-6-16(15(2)3)14-17(19)18(22)8-9-21-12-10-20(4)11-13-21/h6-7,14-15H,5,8-13H2,1-4H3. The third-order valence-corrected chi connectivity index (χ3v) is 4.52. The van der Waals surface area contributed by atoms with Gasteiger partial charge in [-0.15, -0.1) is 0 Å². The van der Waals surface area contributed by atoms with Crippen LogP contribution in [0.4, 0.5) is 0 Å². The van der Waals surface area contributed by atoms with Crippen molar-refractivity contribution in [3.63, 3.8) is 0 Å². The fourth-order valence-electron chi connectivity index (χ4n) is 2.87. The number of nitrogens with zero attached hydrogens (tertiary/aromatic N) is 2. The van der Waals surface area contributed by atoms with E-state index in [1.165, 1.54) is 5.56 Å². The number of piperazine rings is 1. The van der Waals surface area contributed by atoms with Gasteiger partial charge in [-0.25, -0.2) is 0 Å². The van der Waals surface area contributed by atoms with Gasteiger partial charge in [0.25, 0.3) is 0 Å². The topological polar surface area (TPSA) is 32.8 Å². The molecular formula is C19H30N2O2. The van der Waals surface area contributed by atoms with E-state index in [0.29, 0.717) is 18.9 Å². The maximum Gasteiger partial charge on any atom is 0.167 e. The molecule has 0 unspecified atom stereocenters. The molecule has 0 bridgehead atoms. The van der Waals surface area contributed by atoms with Crippen molar-refractivity contribution < 1.29 is 9.53 Å². The number of carbonyl (C=O) groups is 1. The summed E-state index contributed by atoms with van der Waals surface area (Å²) < 4.78 is 5.66. The first-order valence-corrected chi connectivity index (χ1v) is 8.72. The highest BCUT2D eigenvalue weighted by Gasteiger charge is 2.18. The third kappa shape index (κ3) is 5.05. The van der Waals surface area contributed by atoms with Crippen LogP contribution in [0, 0.1) is 0 Å². The lowest BCUT2D eigenvalue weighted by atomic mass is 9.97. The van der Waals surface area contributed by atoms with Gasteiger partial charge in [0.05, 0.1) is 12.2 Å². The van der Waals surface area contributed by atoms with Crippen LogP contribution in [0.3, 0.4) is 0 Å². The van der Waals surface area contributed by atoms with Crippen LogP contribution in [0.25, 0.3) is 0 Å². The Morgan fingerprint density at radius 3 is 2.52 bits per heavy atom. The quantitative estimate of drug-likeness (QED) is 0.724. The Hall–Kier alpha value is -1.39. The molecule has 1 aliphatic heterocycles. The number of Topliss-reactive ketones (excluding diaryl/α,β-unsaturated/α-hetero) is 1. The van der Waals surface area contributed by atoms with E-state index in [1.54, 1.807) is 0 Å². The first-order valence-electron chi connectivity index (χ1n) is 8.72. The van der Waals surface area contributed by atoms with E-state index in [2.05, 4.69) is 36.8 Å². The number of carbonyl (C=O) groups excluding carboxylic acids is 1. The molecule has 128 valence electrons. The average molecular weight is 318 g/mol. The van der Waals surface area contributed by atoms with Gasteiger partial charge in [0.1, 0.15) is 5.75 Å². The maximum atomic E-state index is 12.7. The van der Waals surface area contributed by atoms with E-state index in [0.717, 1.165) is 44.0 Å².